The number of benzene rings is 2. The molecule has 7 heteroatoms. The Labute approximate surface area is 154 Å². The van der Waals surface area contributed by atoms with Gasteiger partial charge in [-0.3, -0.25) is 0 Å². The van der Waals surface area contributed by atoms with E-state index in [1.807, 2.05) is 30.3 Å². The summed E-state index contributed by atoms with van der Waals surface area (Å²) in [7, 11) is 0. The maximum atomic E-state index is 11.7. The van der Waals surface area contributed by atoms with Gasteiger partial charge in [0.2, 0.25) is 0 Å². The van der Waals surface area contributed by atoms with Crippen LogP contribution in [0.15, 0.2) is 54.7 Å². The largest absolute Gasteiger partial charge is 0.513 e. The number of rotatable bonds is 4. The summed E-state index contributed by atoms with van der Waals surface area (Å²) in [5, 5.41) is 5.27. The van der Waals surface area contributed by atoms with E-state index >= 15 is 0 Å². The highest BCUT2D eigenvalue weighted by molar-refractivity contribution is 6.35. The third-order valence-corrected chi connectivity index (χ3v) is 3.91. The number of carbonyl (C=O) groups is 1. The Bertz CT molecular complexity index is 895. The lowest BCUT2D eigenvalue weighted by molar-refractivity contribution is 0.104. The molecule has 0 aliphatic carbocycles. The molecule has 0 atom stereocenters. The molecule has 0 saturated heterocycles. The van der Waals surface area contributed by atoms with Crippen LogP contribution < -0.4 is 4.74 Å². The van der Waals surface area contributed by atoms with Crippen molar-refractivity contribution in [1.82, 2.24) is 9.78 Å². The second-order valence-electron chi connectivity index (χ2n) is 5.02. The fraction of sp³-hybridized carbons (Fsp3) is 0.111. The van der Waals surface area contributed by atoms with E-state index in [0.29, 0.717) is 21.4 Å². The van der Waals surface area contributed by atoms with Crippen molar-refractivity contribution < 1.29 is 14.3 Å². The van der Waals surface area contributed by atoms with Crippen molar-refractivity contribution in [2.75, 3.05) is 6.61 Å². The van der Waals surface area contributed by atoms with Gasteiger partial charge < -0.3 is 9.47 Å². The molecule has 0 unspecified atom stereocenters. The zero-order chi connectivity index (χ0) is 17.8. The predicted molar refractivity (Wildman–Crippen MR) is 96.7 cm³/mol. The first-order chi connectivity index (χ1) is 12.1. The maximum absolute atomic E-state index is 11.7. The zero-order valence-electron chi connectivity index (χ0n) is 13.3. The van der Waals surface area contributed by atoms with Crippen molar-refractivity contribution in [3.63, 3.8) is 0 Å². The molecular formula is C18H14Cl2N2O3. The SMILES string of the molecule is CCOC(=O)Oc1cnn(-c2ccc(Cl)cc2Cl)c1-c1ccccc1. The molecule has 25 heavy (non-hydrogen) atoms. The molecule has 5 nitrogen and oxygen atoms in total. The molecule has 0 spiro atoms. The van der Waals surface area contributed by atoms with Crippen molar-refractivity contribution >= 4 is 29.4 Å². The normalized spacial score (nSPS) is 10.5. The summed E-state index contributed by atoms with van der Waals surface area (Å²) in [5.74, 6) is 0.274. The predicted octanol–water partition coefficient (Wildman–Crippen LogP) is 5.38. The Morgan fingerprint density at radius 1 is 1.16 bits per heavy atom. The first-order valence-corrected chi connectivity index (χ1v) is 8.29. The van der Waals surface area contributed by atoms with Crippen LogP contribution in [0.3, 0.4) is 0 Å². The number of nitrogens with zero attached hydrogens (tertiary/aromatic N) is 2. The Kier molecular flexibility index (Phi) is 5.26. The smallest absolute Gasteiger partial charge is 0.434 e. The molecule has 0 aliphatic rings. The fourth-order valence-electron chi connectivity index (χ4n) is 2.34. The second-order valence-corrected chi connectivity index (χ2v) is 5.86. The Hall–Kier alpha value is -2.50. The van der Waals surface area contributed by atoms with Gasteiger partial charge in [-0.25, -0.2) is 9.48 Å². The summed E-state index contributed by atoms with van der Waals surface area (Å²) in [6.45, 7) is 1.92. The van der Waals surface area contributed by atoms with Crippen LogP contribution in [0.4, 0.5) is 4.79 Å². The van der Waals surface area contributed by atoms with E-state index < -0.39 is 6.16 Å². The molecule has 128 valence electrons. The summed E-state index contributed by atoms with van der Waals surface area (Å²) in [5.41, 5.74) is 2.01. The molecule has 0 amide bonds. The molecule has 3 aromatic rings. The van der Waals surface area contributed by atoms with Gasteiger partial charge in [-0.05, 0) is 25.1 Å². The molecule has 0 N–H and O–H groups in total. The highest BCUT2D eigenvalue weighted by Gasteiger charge is 2.20. The van der Waals surface area contributed by atoms with Gasteiger partial charge in [0, 0.05) is 10.6 Å². The molecular weight excluding hydrogens is 363 g/mol. The molecule has 0 saturated carbocycles. The van der Waals surface area contributed by atoms with Gasteiger partial charge in [0.1, 0.15) is 5.69 Å². The molecule has 2 aromatic carbocycles. The summed E-state index contributed by atoms with van der Waals surface area (Å²) >= 11 is 12.3. The van der Waals surface area contributed by atoms with Crippen LogP contribution in [-0.4, -0.2) is 22.5 Å². The molecule has 1 heterocycles. The molecule has 0 fully saturated rings. The van der Waals surface area contributed by atoms with Crippen molar-refractivity contribution in [2.24, 2.45) is 0 Å². The van der Waals surface area contributed by atoms with E-state index in [1.165, 1.54) is 6.20 Å². The first-order valence-electron chi connectivity index (χ1n) is 7.53. The standard InChI is InChI=1S/C18H14Cl2N2O3/c1-2-24-18(23)25-16-11-21-22(15-9-8-13(19)10-14(15)20)17(16)12-6-4-3-5-7-12/h3-11H,2H2,1H3. The summed E-state index contributed by atoms with van der Waals surface area (Å²) < 4.78 is 11.7. The van der Waals surface area contributed by atoms with Gasteiger partial charge in [0.15, 0.2) is 5.75 Å². The van der Waals surface area contributed by atoms with Crippen molar-refractivity contribution in [3.05, 3.63) is 64.8 Å². The Morgan fingerprint density at radius 3 is 2.60 bits per heavy atom. The number of aromatic nitrogens is 2. The fourth-order valence-corrected chi connectivity index (χ4v) is 2.83. The molecule has 3 rings (SSSR count). The highest BCUT2D eigenvalue weighted by atomic mass is 35.5. The van der Waals surface area contributed by atoms with Crippen molar-refractivity contribution in [1.29, 1.82) is 0 Å². The number of ether oxygens (including phenoxy) is 2. The van der Waals surface area contributed by atoms with Gasteiger partial charge in [-0.15, -0.1) is 0 Å². The second kappa shape index (κ2) is 7.59. The third-order valence-electron chi connectivity index (χ3n) is 3.38. The zero-order valence-corrected chi connectivity index (χ0v) is 14.8. The monoisotopic (exact) mass is 376 g/mol. The van der Waals surface area contributed by atoms with E-state index in [4.69, 9.17) is 32.7 Å². The molecule has 0 radical (unpaired) electrons. The minimum Gasteiger partial charge on any atom is -0.434 e. The van der Waals surface area contributed by atoms with Gasteiger partial charge >= 0.3 is 6.16 Å². The lowest BCUT2D eigenvalue weighted by atomic mass is 10.1. The van der Waals surface area contributed by atoms with Gasteiger partial charge in [-0.1, -0.05) is 53.5 Å². The molecule has 0 aliphatic heterocycles. The average Bonchev–Trinajstić information content (AvgIpc) is 2.99. The number of hydrogen-bond donors (Lipinski definition) is 0. The number of carbonyl (C=O) groups excluding carboxylic acids is 1. The van der Waals surface area contributed by atoms with E-state index in [0.717, 1.165) is 5.56 Å². The highest BCUT2D eigenvalue weighted by Crippen LogP contribution is 2.35. The average molecular weight is 377 g/mol. The summed E-state index contributed by atoms with van der Waals surface area (Å²) in [4.78, 5) is 11.7. The third kappa shape index (κ3) is 3.78. The molecule has 1 aromatic heterocycles. The van der Waals surface area contributed by atoms with Crippen LogP contribution in [0.2, 0.25) is 10.0 Å². The minimum atomic E-state index is -0.790. The number of hydrogen-bond acceptors (Lipinski definition) is 4. The van der Waals surface area contributed by atoms with E-state index in [2.05, 4.69) is 5.10 Å². The van der Waals surface area contributed by atoms with E-state index in [9.17, 15) is 4.79 Å². The van der Waals surface area contributed by atoms with E-state index in [1.54, 1.807) is 29.8 Å². The van der Waals surface area contributed by atoms with Crippen molar-refractivity contribution in [3.8, 4) is 22.7 Å². The van der Waals surface area contributed by atoms with Crippen molar-refractivity contribution in [2.45, 2.75) is 6.92 Å². The maximum Gasteiger partial charge on any atom is 0.513 e. The summed E-state index contributed by atoms with van der Waals surface area (Å²) in [6.07, 6.45) is 0.658. The van der Waals surface area contributed by atoms with Crippen LogP contribution in [0, 0.1) is 0 Å². The van der Waals surface area contributed by atoms with E-state index in [-0.39, 0.29) is 12.4 Å². The number of halogens is 2. The quantitative estimate of drug-likeness (QED) is 0.573. The van der Waals surface area contributed by atoms with Gasteiger partial charge in [0.25, 0.3) is 0 Å². The first kappa shape index (κ1) is 17.3. The van der Waals surface area contributed by atoms with Crippen LogP contribution in [0.1, 0.15) is 6.92 Å². The van der Waals surface area contributed by atoms with Gasteiger partial charge in [0.05, 0.1) is 23.5 Å². The Balaban J connectivity index is 2.13. The van der Waals surface area contributed by atoms with Gasteiger partial charge in [-0.2, -0.15) is 5.10 Å². The minimum absolute atomic E-state index is 0.219. The molecule has 0 bridgehead atoms. The van der Waals surface area contributed by atoms with Crippen LogP contribution in [-0.2, 0) is 4.74 Å². The lowest BCUT2D eigenvalue weighted by Gasteiger charge is -2.11. The Morgan fingerprint density at radius 2 is 1.92 bits per heavy atom. The lowest BCUT2D eigenvalue weighted by Crippen LogP contribution is -2.10. The van der Waals surface area contributed by atoms with Crippen LogP contribution in [0.5, 0.6) is 5.75 Å². The van der Waals surface area contributed by atoms with Crippen LogP contribution >= 0.6 is 23.2 Å². The summed E-state index contributed by atoms with van der Waals surface area (Å²) in [6, 6.07) is 14.5. The topological polar surface area (TPSA) is 53.4 Å². The van der Waals surface area contributed by atoms with Crippen LogP contribution in [0.25, 0.3) is 16.9 Å².